The summed E-state index contributed by atoms with van der Waals surface area (Å²) in [5, 5.41) is 3.14. The van der Waals surface area contributed by atoms with Gasteiger partial charge in [-0.2, -0.15) is 4.31 Å². The predicted octanol–water partition coefficient (Wildman–Crippen LogP) is 3.30. The molecule has 0 radical (unpaired) electrons. The molecule has 4 rings (SSSR count). The summed E-state index contributed by atoms with van der Waals surface area (Å²) < 4.78 is 28.6. The summed E-state index contributed by atoms with van der Waals surface area (Å²) in [7, 11) is -3.51. The molecule has 0 saturated carbocycles. The van der Waals surface area contributed by atoms with Gasteiger partial charge >= 0.3 is 0 Å². The number of nitrogens with zero attached hydrogens (tertiary/aromatic N) is 3. The number of hydrogen-bond acceptors (Lipinski definition) is 4. The van der Waals surface area contributed by atoms with Crippen LogP contribution in [-0.2, 0) is 10.0 Å². The van der Waals surface area contributed by atoms with Crippen LogP contribution in [-0.4, -0.2) is 54.3 Å². The monoisotopic (exact) mass is 427 g/mol. The van der Waals surface area contributed by atoms with Gasteiger partial charge in [-0.15, -0.1) is 11.3 Å². The maximum Gasteiger partial charge on any atom is 0.266 e. The highest BCUT2D eigenvalue weighted by molar-refractivity contribution is 7.92. The average Bonchev–Trinajstić information content (AvgIpc) is 3.44. The molecule has 150 valence electrons. The summed E-state index contributed by atoms with van der Waals surface area (Å²) in [6.07, 6.45) is 5.41. The molecule has 0 atom stereocenters. The Kier molecular flexibility index (Phi) is 5.66. The van der Waals surface area contributed by atoms with Gasteiger partial charge in [0, 0.05) is 44.0 Å². The SMILES string of the molecule is O=C(c1sccc1-n1cccc1)N1CCN(S(=O)(=O)/C=C/c2ccccc2)CC1. The lowest BCUT2D eigenvalue weighted by Crippen LogP contribution is -2.50. The summed E-state index contributed by atoms with van der Waals surface area (Å²) in [6, 6.07) is 15.1. The van der Waals surface area contributed by atoms with E-state index in [9.17, 15) is 13.2 Å². The summed E-state index contributed by atoms with van der Waals surface area (Å²) in [5.41, 5.74) is 1.69. The molecule has 1 fully saturated rings. The van der Waals surface area contributed by atoms with E-state index in [0.717, 1.165) is 11.3 Å². The highest BCUT2D eigenvalue weighted by Gasteiger charge is 2.29. The topological polar surface area (TPSA) is 62.6 Å². The first-order valence-corrected chi connectivity index (χ1v) is 11.7. The van der Waals surface area contributed by atoms with E-state index in [1.54, 1.807) is 11.0 Å². The van der Waals surface area contributed by atoms with Crippen LogP contribution in [0.1, 0.15) is 15.2 Å². The Morgan fingerprint density at radius 2 is 1.62 bits per heavy atom. The van der Waals surface area contributed by atoms with Crippen molar-refractivity contribution in [3.05, 3.63) is 82.2 Å². The lowest BCUT2D eigenvalue weighted by Gasteiger charge is -2.33. The fourth-order valence-corrected chi connectivity index (χ4v) is 5.30. The van der Waals surface area contributed by atoms with Crippen molar-refractivity contribution >= 4 is 33.3 Å². The third-order valence-electron chi connectivity index (χ3n) is 4.84. The summed E-state index contributed by atoms with van der Waals surface area (Å²) in [6.45, 7) is 1.33. The Hall–Kier alpha value is -2.68. The molecule has 1 aliphatic heterocycles. The molecule has 0 aliphatic carbocycles. The van der Waals surface area contributed by atoms with E-state index >= 15 is 0 Å². The molecule has 0 bridgehead atoms. The minimum atomic E-state index is -3.51. The first kappa shape index (κ1) is 19.6. The number of aromatic nitrogens is 1. The average molecular weight is 428 g/mol. The summed E-state index contributed by atoms with van der Waals surface area (Å²) in [4.78, 5) is 15.4. The van der Waals surface area contributed by atoms with Gasteiger partial charge in [0.05, 0.1) is 5.69 Å². The van der Waals surface area contributed by atoms with Gasteiger partial charge in [0.1, 0.15) is 4.88 Å². The fourth-order valence-electron chi connectivity index (χ4n) is 3.27. The van der Waals surface area contributed by atoms with Gasteiger partial charge in [-0.25, -0.2) is 8.42 Å². The number of rotatable bonds is 5. The van der Waals surface area contributed by atoms with E-state index in [1.165, 1.54) is 21.1 Å². The van der Waals surface area contributed by atoms with Crippen LogP contribution in [0.4, 0.5) is 0 Å². The standard InChI is InChI=1S/C21H21N3O3S2/c25-21(20-19(8-16-28-20)22-10-4-5-11-22)23-12-14-24(15-13-23)29(26,27)17-9-18-6-2-1-3-7-18/h1-11,16-17H,12-15H2/b17-9+. The third kappa shape index (κ3) is 4.34. The van der Waals surface area contributed by atoms with Crippen molar-refractivity contribution in [3.63, 3.8) is 0 Å². The summed E-state index contributed by atoms with van der Waals surface area (Å²) >= 11 is 1.41. The second kappa shape index (κ2) is 8.36. The maximum atomic E-state index is 13.0. The van der Waals surface area contributed by atoms with E-state index in [0.29, 0.717) is 18.0 Å². The Balaban J connectivity index is 1.41. The van der Waals surface area contributed by atoms with Gasteiger partial charge in [0.2, 0.25) is 10.0 Å². The molecule has 8 heteroatoms. The first-order valence-electron chi connectivity index (χ1n) is 9.28. The molecule has 2 aromatic heterocycles. The number of benzene rings is 1. The lowest BCUT2D eigenvalue weighted by molar-refractivity contribution is 0.0703. The van der Waals surface area contributed by atoms with E-state index in [1.807, 2.05) is 70.9 Å². The minimum absolute atomic E-state index is 0.0550. The third-order valence-corrected chi connectivity index (χ3v) is 7.30. The van der Waals surface area contributed by atoms with Crippen LogP contribution < -0.4 is 0 Å². The van der Waals surface area contributed by atoms with Crippen LogP contribution in [0.15, 0.2) is 71.7 Å². The van der Waals surface area contributed by atoms with Gasteiger partial charge in [0.25, 0.3) is 5.91 Å². The number of sulfonamides is 1. The minimum Gasteiger partial charge on any atom is -0.335 e. The largest absolute Gasteiger partial charge is 0.335 e. The molecular weight excluding hydrogens is 406 g/mol. The second-order valence-corrected chi connectivity index (χ2v) is 9.41. The van der Waals surface area contributed by atoms with E-state index in [4.69, 9.17) is 0 Å². The number of piperazine rings is 1. The van der Waals surface area contributed by atoms with Gasteiger partial charge in [-0.05, 0) is 35.2 Å². The van der Waals surface area contributed by atoms with Crippen LogP contribution in [0.2, 0.25) is 0 Å². The van der Waals surface area contributed by atoms with Crippen molar-refractivity contribution < 1.29 is 13.2 Å². The molecule has 3 heterocycles. The molecule has 1 aliphatic rings. The molecule has 0 spiro atoms. The number of amides is 1. The van der Waals surface area contributed by atoms with Crippen LogP contribution in [0.3, 0.4) is 0 Å². The molecule has 3 aromatic rings. The Morgan fingerprint density at radius 1 is 0.931 bits per heavy atom. The molecule has 6 nitrogen and oxygen atoms in total. The molecule has 29 heavy (non-hydrogen) atoms. The molecule has 1 amide bonds. The number of hydrogen-bond donors (Lipinski definition) is 0. The normalized spacial score (nSPS) is 15.8. The van der Waals surface area contributed by atoms with E-state index < -0.39 is 10.0 Å². The highest BCUT2D eigenvalue weighted by atomic mass is 32.2. The van der Waals surface area contributed by atoms with Gasteiger partial charge in [-0.3, -0.25) is 4.79 Å². The smallest absolute Gasteiger partial charge is 0.266 e. The van der Waals surface area contributed by atoms with E-state index in [2.05, 4.69) is 0 Å². The molecule has 1 saturated heterocycles. The van der Waals surface area contributed by atoms with Crippen molar-refractivity contribution in [3.8, 4) is 5.69 Å². The fraction of sp³-hybridized carbons (Fsp3) is 0.190. The zero-order chi connectivity index (χ0) is 20.3. The van der Waals surface area contributed by atoms with Gasteiger partial charge in [0.15, 0.2) is 0 Å². The van der Waals surface area contributed by atoms with Crippen LogP contribution >= 0.6 is 11.3 Å². The molecular formula is C21H21N3O3S2. The molecule has 0 unspecified atom stereocenters. The van der Waals surface area contributed by atoms with Gasteiger partial charge < -0.3 is 9.47 Å². The quantitative estimate of drug-likeness (QED) is 0.628. The maximum absolute atomic E-state index is 13.0. The molecule has 1 aromatic carbocycles. The summed E-state index contributed by atoms with van der Waals surface area (Å²) in [5.74, 6) is -0.0550. The zero-order valence-corrected chi connectivity index (χ0v) is 17.3. The Labute approximate surface area is 174 Å². The van der Waals surface area contributed by atoms with Crippen molar-refractivity contribution in [1.29, 1.82) is 0 Å². The van der Waals surface area contributed by atoms with Crippen molar-refractivity contribution in [1.82, 2.24) is 13.8 Å². The van der Waals surface area contributed by atoms with Crippen LogP contribution in [0, 0.1) is 0 Å². The lowest BCUT2D eigenvalue weighted by atomic mass is 10.2. The number of thiophene rings is 1. The van der Waals surface area contributed by atoms with Crippen molar-refractivity contribution in [2.75, 3.05) is 26.2 Å². The zero-order valence-electron chi connectivity index (χ0n) is 15.7. The highest BCUT2D eigenvalue weighted by Crippen LogP contribution is 2.24. The molecule has 0 N–H and O–H groups in total. The van der Waals surface area contributed by atoms with Crippen molar-refractivity contribution in [2.24, 2.45) is 0 Å². The first-order chi connectivity index (χ1) is 14.0. The second-order valence-electron chi connectivity index (χ2n) is 6.67. The van der Waals surface area contributed by atoms with Crippen molar-refractivity contribution in [2.45, 2.75) is 0 Å². The predicted molar refractivity (Wildman–Crippen MR) is 116 cm³/mol. The van der Waals surface area contributed by atoms with E-state index in [-0.39, 0.29) is 19.0 Å². The Bertz CT molecular complexity index is 1100. The number of carbonyl (C=O) groups excluding carboxylic acids is 1. The van der Waals surface area contributed by atoms with Crippen LogP contribution in [0.5, 0.6) is 0 Å². The number of carbonyl (C=O) groups is 1. The Morgan fingerprint density at radius 3 is 2.31 bits per heavy atom. The van der Waals surface area contributed by atoms with Gasteiger partial charge in [-0.1, -0.05) is 30.3 Å². The van der Waals surface area contributed by atoms with Crippen LogP contribution in [0.25, 0.3) is 11.8 Å².